The molecule has 146 valence electrons. The SMILES string of the molecule is CCCOc1cccc(Oc2ccc(C(OCC)C(N)=O)cc2CCC)c1. The molecule has 0 radical (unpaired) electrons. The minimum Gasteiger partial charge on any atom is -0.493 e. The van der Waals surface area contributed by atoms with E-state index in [2.05, 4.69) is 13.8 Å². The number of benzene rings is 2. The van der Waals surface area contributed by atoms with E-state index in [-0.39, 0.29) is 0 Å². The maximum absolute atomic E-state index is 11.7. The monoisotopic (exact) mass is 371 g/mol. The molecule has 2 aromatic rings. The second kappa shape index (κ2) is 10.6. The number of primary amides is 1. The molecule has 5 nitrogen and oxygen atoms in total. The van der Waals surface area contributed by atoms with Crippen LogP contribution in [0.5, 0.6) is 17.2 Å². The van der Waals surface area contributed by atoms with Crippen molar-refractivity contribution < 1.29 is 19.0 Å². The number of hydrogen-bond acceptors (Lipinski definition) is 4. The maximum atomic E-state index is 11.7. The second-order valence-electron chi connectivity index (χ2n) is 6.28. The average molecular weight is 371 g/mol. The van der Waals surface area contributed by atoms with Crippen molar-refractivity contribution in [3.63, 3.8) is 0 Å². The van der Waals surface area contributed by atoms with Crippen LogP contribution in [-0.4, -0.2) is 19.1 Å². The van der Waals surface area contributed by atoms with Crippen LogP contribution in [0.15, 0.2) is 42.5 Å². The molecule has 1 atom stereocenters. The summed E-state index contributed by atoms with van der Waals surface area (Å²) in [5, 5.41) is 0. The zero-order valence-corrected chi connectivity index (χ0v) is 16.4. The molecule has 2 rings (SSSR count). The molecule has 0 fully saturated rings. The summed E-state index contributed by atoms with van der Waals surface area (Å²) >= 11 is 0. The van der Waals surface area contributed by atoms with Gasteiger partial charge in [-0.15, -0.1) is 0 Å². The fourth-order valence-corrected chi connectivity index (χ4v) is 2.81. The van der Waals surface area contributed by atoms with Gasteiger partial charge in [0, 0.05) is 12.7 Å². The van der Waals surface area contributed by atoms with Gasteiger partial charge in [0.1, 0.15) is 17.2 Å². The van der Waals surface area contributed by atoms with Crippen molar-refractivity contribution in [2.24, 2.45) is 5.73 Å². The topological polar surface area (TPSA) is 70.8 Å². The number of ether oxygens (including phenoxy) is 3. The minimum absolute atomic E-state index is 0.416. The van der Waals surface area contributed by atoms with Gasteiger partial charge in [-0.05, 0) is 55.2 Å². The first-order chi connectivity index (χ1) is 13.1. The highest BCUT2D eigenvalue weighted by Gasteiger charge is 2.19. The molecular formula is C22H29NO4. The van der Waals surface area contributed by atoms with Crippen LogP contribution in [0, 0.1) is 0 Å². The largest absolute Gasteiger partial charge is 0.493 e. The van der Waals surface area contributed by atoms with Crippen LogP contribution in [0.1, 0.15) is 50.8 Å². The molecule has 27 heavy (non-hydrogen) atoms. The van der Waals surface area contributed by atoms with Crippen LogP contribution in [-0.2, 0) is 16.0 Å². The lowest BCUT2D eigenvalue weighted by atomic mass is 10.0. The molecule has 1 unspecified atom stereocenters. The summed E-state index contributed by atoms with van der Waals surface area (Å²) < 4.78 is 17.3. The Bertz CT molecular complexity index is 745. The van der Waals surface area contributed by atoms with Crippen LogP contribution >= 0.6 is 0 Å². The quantitative estimate of drug-likeness (QED) is 0.617. The molecular weight excluding hydrogens is 342 g/mol. The Morgan fingerprint density at radius 1 is 1.04 bits per heavy atom. The fraction of sp³-hybridized carbons (Fsp3) is 0.409. The van der Waals surface area contributed by atoms with Crippen molar-refractivity contribution in [3.05, 3.63) is 53.6 Å². The Kier molecular flexibility index (Phi) is 8.14. The van der Waals surface area contributed by atoms with Gasteiger partial charge in [0.25, 0.3) is 5.91 Å². The Morgan fingerprint density at radius 3 is 2.48 bits per heavy atom. The highest BCUT2D eigenvalue weighted by Crippen LogP contribution is 2.31. The van der Waals surface area contributed by atoms with Crippen LogP contribution in [0.25, 0.3) is 0 Å². The van der Waals surface area contributed by atoms with Crippen LogP contribution < -0.4 is 15.2 Å². The van der Waals surface area contributed by atoms with Gasteiger partial charge in [0.05, 0.1) is 6.61 Å². The summed E-state index contributed by atoms with van der Waals surface area (Å²) in [5.74, 6) is 1.76. The molecule has 2 N–H and O–H groups in total. The number of rotatable bonds is 11. The summed E-state index contributed by atoms with van der Waals surface area (Å²) in [5.41, 5.74) is 7.25. The van der Waals surface area contributed by atoms with Gasteiger partial charge in [0.2, 0.25) is 0 Å². The molecule has 0 saturated carbocycles. The van der Waals surface area contributed by atoms with E-state index in [1.54, 1.807) is 0 Å². The van der Waals surface area contributed by atoms with E-state index < -0.39 is 12.0 Å². The van der Waals surface area contributed by atoms with E-state index in [1.165, 1.54) is 0 Å². The molecule has 0 heterocycles. The maximum Gasteiger partial charge on any atom is 0.251 e. The van der Waals surface area contributed by atoms with E-state index in [0.717, 1.165) is 41.9 Å². The van der Waals surface area contributed by atoms with Crippen LogP contribution in [0.2, 0.25) is 0 Å². The van der Waals surface area contributed by atoms with Gasteiger partial charge in [0.15, 0.2) is 6.10 Å². The Labute approximate surface area is 161 Å². The summed E-state index contributed by atoms with van der Waals surface area (Å²) in [6.07, 6.45) is 1.99. The number of carbonyl (C=O) groups is 1. The zero-order valence-electron chi connectivity index (χ0n) is 16.4. The summed E-state index contributed by atoms with van der Waals surface area (Å²) in [4.78, 5) is 11.7. The van der Waals surface area contributed by atoms with Crippen LogP contribution in [0.4, 0.5) is 0 Å². The first kappa shape index (κ1) is 20.8. The molecule has 0 aliphatic heterocycles. The summed E-state index contributed by atoms with van der Waals surface area (Å²) in [7, 11) is 0. The Hall–Kier alpha value is -2.53. The molecule has 2 aromatic carbocycles. The molecule has 0 aromatic heterocycles. The number of aryl methyl sites for hydroxylation is 1. The van der Waals surface area contributed by atoms with Crippen molar-refractivity contribution in [1.29, 1.82) is 0 Å². The molecule has 0 aliphatic rings. The minimum atomic E-state index is -0.745. The lowest BCUT2D eigenvalue weighted by Gasteiger charge is -2.17. The lowest BCUT2D eigenvalue weighted by Crippen LogP contribution is -2.24. The van der Waals surface area contributed by atoms with E-state index in [0.29, 0.717) is 19.0 Å². The van der Waals surface area contributed by atoms with Crippen LogP contribution in [0.3, 0.4) is 0 Å². The smallest absolute Gasteiger partial charge is 0.251 e. The van der Waals surface area contributed by atoms with Crippen molar-refractivity contribution >= 4 is 5.91 Å². The van der Waals surface area contributed by atoms with Gasteiger partial charge >= 0.3 is 0 Å². The molecule has 0 aliphatic carbocycles. The lowest BCUT2D eigenvalue weighted by molar-refractivity contribution is -0.129. The first-order valence-electron chi connectivity index (χ1n) is 9.53. The van der Waals surface area contributed by atoms with E-state index in [4.69, 9.17) is 19.9 Å². The predicted molar refractivity (Wildman–Crippen MR) is 106 cm³/mol. The third-order valence-corrected chi connectivity index (χ3v) is 4.00. The fourth-order valence-electron chi connectivity index (χ4n) is 2.81. The zero-order chi connectivity index (χ0) is 19.6. The van der Waals surface area contributed by atoms with Gasteiger partial charge in [-0.25, -0.2) is 0 Å². The number of nitrogens with two attached hydrogens (primary N) is 1. The standard InChI is InChI=1S/C22H29NO4/c1-4-8-16-14-17(21(22(23)24)25-6-3)11-12-20(16)27-19-10-7-9-18(15-19)26-13-5-2/h7,9-12,14-15,21H,4-6,8,13H2,1-3H3,(H2,23,24). The molecule has 5 heteroatoms. The van der Waals surface area contributed by atoms with E-state index in [9.17, 15) is 4.79 Å². The van der Waals surface area contributed by atoms with E-state index >= 15 is 0 Å². The Balaban J connectivity index is 2.27. The van der Waals surface area contributed by atoms with Crippen molar-refractivity contribution in [2.45, 2.75) is 46.1 Å². The van der Waals surface area contributed by atoms with Gasteiger partial charge < -0.3 is 19.9 Å². The highest BCUT2D eigenvalue weighted by atomic mass is 16.5. The van der Waals surface area contributed by atoms with Crippen molar-refractivity contribution in [1.82, 2.24) is 0 Å². The Morgan fingerprint density at radius 2 is 1.81 bits per heavy atom. The van der Waals surface area contributed by atoms with Gasteiger partial charge in [-0.2, -0.15) is 0 Å². The molecule has 0 saturated heterocycles. The van der Waals surface area contributed by atoms with Crippen molar-refractivity contribution in [3.8, 4) is 17.2 Å². The predicted octanol–water partition coefficient (Wildman–Crippen LogP) is 4.78. The third kappa shape index (κ3) is 6.00. The van der Waals surface area contributed by atoms with Gasteiger partial charge in [-0.3, -0.25) is 4.79 Å². The molecule has 0 spiro atoms. The normalized spacial score (nSPS) is 11.8. The third-order valence-electron chi connectivity index (χ3n) is 4.00. The second-order valence-corrected chi connectivity index (χ2v) is 6.28. The summed E-state index contributed by atoms with van der Waals surface area (Å²) in [6, 6.07) is 13.2. The molecule has 1 amide bonds. The number of carbonyl (C=O) groups excluding carboxylic acids is 1. The molecule has 0 bridgehead atoms. The summed E-state index contributed by atoms with van der Waals surface area (Å²) in [6.45, 7) is 7.10. The number of amides is 1. The first-order valence-corrected chi connectivity index (χ1v) is 9.53. The van der Waals surface area contributed by atoms with E-state index in [1.807, 2.05) is 49.4 Å². The highest BCUT2D eigenvalue weighted by molar-refractivity contribution is 5.80. The average Bonchev–Trinajstić information content (AvgIpc) is 2.66. The van der Waals surface area contributed by atoms with Crippen molar-refractivity contribution in [2.75, 3.05) is 13.2 Å². The number of hydrogen-bond donors (Lipinski definition) is 1. The van der Waals surface area contributed by atoms with Gasteiger partial charge in [-0.1, -0.05) is 32.4 Å².